The zero-order valence-corrected chi connectivity index (χ0v) is 15.2. The molecule has 2 aromatic rings. The number of hydrogen-bond donors (Lipinski definition) is 1. The van der Waals surface area contributed by atoms with Crippen LogP contribution in [0.1, 0.15) is 24.0 Å². The highest BCUT2D eigenvalue weighted by Crippen LogP contribution is 2.42. The molecular formula is C22H29N3. The first-order chi connectivity index (χ1) is 12.3. The van der Waals surface area contributed by atoms with Gasteiger partial charge in [0.05, 0.1) is 0 Å². The largest absolute Gasteiger partial charge is 0.383 e. The van der Waals surface area contributed by atoms with Crippen LogP contribution in [-0.4, -0.2) is 48.1 Å². The molecule has 2 aromatic carbocycles. The third-order valence-corrected chi connectivity index (χ3v) is 5.87. The first-order valence-electron chi connectivity index (χ1n) is 9.56. The molecule has 1 aliphatic carbocycles. The van der Waals surface area contributed by atoms with E-state index in [4.69, 9.17) is 0 Å². The summed E-state index contributed by atoms with van der Waals surface area (Å²) < 4.78 is 0. The zero-order valence-electron chi connectivity index (χ0n) is 15.2. The van der Waals surface area contributed by atoms with E-state index < -0.39 is 0 Å². The Labute approximate surface area is 151 Å². The first-order valence-corrected chi connectivity index (χ1v) is 9.56. The number of rotatable bonds is 6. The topological polar surface area (TPSA) is 18.5 Å². The van der Waals surface area contributed by atoms with Crippen LogP contribution >= 0.6 is 0 Å². The number of piperazine rings is 1. The normalized spacial score (nSPS) is 20.4. The highest BCUT2D eigenvalue weighted by molar-refractivity contribution is 5.50. The number of hydrogen-bond acceptors (Lipinski definition) is 3. The van der Waals surface area contributed by atoms with Crippen molar-refractivity contribution in [1.82, 2.24) is 9.80 Å². The number of para-hydroxylation sites is 1. The van der Waals surface area contributed by atoms with Crippen LogP contribution in [0.3, 0.4) is 0 Å². The smallest absolute Gasteiger partial charge is 0.0384 e. The summed E-state index contributed by atoms with van der Waals surface area (Å²) in [6.07, 6.45) is 2.68. The van der Waals surface area contributed by atoms with Gasteiger partial charge in [0.15, 0.2) is 0 Å². The van der Waals surface area contributed by atoms with Crippen LogP contribution in [0.4, 0.5) is 5.69 Å². The molecule has 1 saturated heterocycles. The Hall–Kier alpha value is -1.84. The molecule has 3 nitrogen and oxygen atoms in total. The van der Waals surface area contributed by atoms with E-state index >= 15 is 0 Å². The molecule has 132 valence electrons. The van der Waals surface area contributed by atoms with E-state index in [1.165, 1.54) is 55.8 Å². The zero-order chi connectivity index (χ0) is 17.1. The highest BCUT2D eigenvalue weighted by Gasteiger charge is 2.48. The minimum atomic E-state index is 0.404. The van der Waals surface area contributed by atoms with Gasteiger partial charge in [0.1, 0.15) is 0 Å². The predicted molar refractivity (Wildman–Crippen MR) is 105 cm³/mol. The number of benzene rings is 2. The van der Waals surface area contributed by atoms with Crippen LogP contribution in [0.15, 0.2) is 54.6 Å². The molecule has 1 aliphatic heterocycles. The average Bonchev–Trinajstić information content (AvgIpc) is 3.44. The SMILES string of the molecule is Cc1ccccc1NCC1(N2CCN(Cc3ccccc3)CC2)CC1. The van der Waals surface area contributed by atoms with Gasteiger partial charge in [-0.05, 0) is 37.0 Å². The van der Waals surface area contributed by atoms with Gasteiger partial charge in [-0.2, -0.15) is 0 Å². The van der Waals surface area contributed by atoms with Gasteiger partial charge < -0.3 is 5.32 Å². The molecule has 1 N–H and O–H groups in total. The summed E-state index contributed by atoms with van der Waals surface area (Å²) >= 11 is 0. The number of aryl methyl sites for hydroxylation is 1. The van der Waals surface area contributed by atoms with Crippen molar-refractivity contribution in [2.45, 2.75) is 31.8 Å². The second kappa shape index (κ2) is 7.19. The maximum atomic E-state index is 3.71. The molecule has 0 spiro atoms. The van der Waals surface area contributed by atoms with Crippen molar-refractivity contribution >= 4 is 5.69 Å². The molecule has 3 heteroatoms. The van der Waals surface area contributed by atoms with Crippen molar-refractivity contribution in [3.05, 3.63) is 65.7 Å². The van der Waals surface area contributed by atoms with Gasteiger partial charge in [0.25, 0.3) is 0 Å². The van der Waals surface area contributed by atoms with Gasteiger partial charge >= 0.3 is 0 Å². The summed E-state index contributed by atoms with van der Waals surface area (Å²) in [7, 11) is 0. The monoisotopic (exact) mass is 335 g/mol. The van der Waals surface area contributed by atoms with Crippen molar-refractivity contribution in [2.75, 3.05) is 38.0 Å². The number of nitrogens with one attached hydrogen (secondary N) is 1. The molecule has 0 unspecified atom stereocenters. The van der Waals surface area contributed by atoms with Gasteiger partial charge in [-0.3, -0.25) is 9.80 Å². The van der Waals surface area contributed by atoms with Crippen LogP contribution < -0.4 is 5.32 Å². The molecule has 1 heterocycles. The standard InChI is InChI=1S/C22H29N3/c1-19-7-5-6-10-21(19)23-18-22(11-12-22)25-15-13-24(14-16-25)17-20-8-3-2-4-9-20/h2-10,23H,11-18H2,1H3. The van der Waals surface area contributed by atoms with Gasteiger partial charge in [0.2, 0.25) is 0 Å². The second-order valence-electron chi connectivity index (χ2n) is 7.64. The summed E-state index contributed by atoms with van der Waals surface area (Å²) in [6, 6.07) is 19.5. The highest BCUT2D eigenvalue weighted by atomic mass is 15.3. The van der Waals surface area contributed by atoms with E-state index in [-0.39, 0.29) is 0 Å². The molecule has 1 saturated carbocycles. The minimum absolute atomic E-state index is 0.404. The predicted octanol–water partition coefficient (Wildman–Crippen LogP) is 3.76. The van der Waals surface area contributed by atoms with Gasteiger partial charge in [-0.25, -0.2) is 0 Å². The fourth-order valence-corrected chi connectivity index (χ4v) is 4.00. The van der Waals surface area contributed by atoms with E-state index in [0.29, 0.717) is 5.54 Å². The van der Waals surface area contributed by atoms with Crippen molar-refractivity contribution in [3.8, 4) is 0 Å². The average molecular weight is 335 g/mol. The lowest BCUT2D eigenvalue weighted by Gasteiger charge is -2.40. The van der Waals surface area contributed by atoms with Crippen LogP contribution in [0.5, 0.6) is 0 Å². The maximum absolute atomic E-state index is 3.71. The molecule has 0 aromatic heterocycles. The molecule has 2 aliphatic rings. The summed E-state index contributed by atoms with van der Waals surface area (Å²) in [4.78, 5) is 5.33. The Bertz CT molecular complexity index is 685. The van der Waals surface area contributed by atoms with Gasteiger partial charge in [-0.1, -0.05) is 48.5 Å². The molecular weight excluding hydrogens is 306 g/mol. The van der Waals surface area contributed by atoms with E-state index in [2.05, 4.69) is 76.6 Å². The molecule has 0 amide bonds. The van der Waals surface area contributed by atoms with Crippen molar-refractivity contribution in [3.63, 3.8) is 0 Å². The Morgan fingerprint density at radius 2 is 1.56 bits per heavy atom. The van der Waals surface area contributed by atoms with E-state index in [0.717, 1.165) is 13.1 Å². The Morgan fingerprint density at radius 1 is 0.880 bits per heavy atom. The fraction of sp³-hybridized carbons (Fsp3) is 0.455. The molecule has 4 rings (SSSR count). The molecule has 25 heavy (non-hydrogen) atoms. The third kappa shape index (κ3) is 3.88. The Morgan fingerprint density at radius 3 is 2.24 bits per heavy atom. The first kappa shape index (κ1) is 16.6. The van der Waals surface area contributed by atoms with Crippen LogP contribution in [-0.2, 0) is 6.54 Å². The van der Waals surface area contributed by atoms with E-state index in [1.807, 2.05) is 0 Å². The molecule has 0 atom stereocenters. The number of nitrogens with zero attached hydrogens (tertiary/aromatic N) is 2. The lowest BCUT2D eigenvalue weighted by molar-refractivity contribution is 0.0856. The fourth-order valence-electron chi connectivity index (χ4n) is 4.00. The Kier molecular flexibility index (Phi) is 4.78. The lowest BCUT2D eigenvalue weighted by Crippen LogP contribution is -2.53. The minimum Gasteiger partial charge on any atom is -0.383 e. The van der Waals surface area contributed by atoms with Crippen LogP contribution in [0, 0.1) is 6.92 Å². The van der Waals surface area contributed by atoms with Crippen LogP contribution in [0.2, 0.25) is 0 Å². The van der Waals surface area contributed by atoms with Crippen molar-refractivity contribution in [1.29, 1.82) is 0 Å². The second-order valence-corrected chi connectivity index (χ2v) is 7.64. The summed E-state index contributed by atoms with van der Waals surface area (Å²) in [5.41, 5.74) is 4.46. The van der Waals surface area contributed by atoms with E-state index in [9.17, 15) is 0 Å². The quantitative estimate of drug-likeness (QED) is 0.867. The van der Waals surface area contributed by atoms with Crippen molar-refractivity contribution in [2.24, 2.45) is 0 Å². The summed E-state index contributed by atoms with van der Waals surface area (Å²) in [5.74, 6) is 0. The number of anilines is 1. The summed E-state index contributed by atoms with van der Waals surface area (Å²) in [6.45, 7) is 9.11. The molecule has 0 radical (unpaired) electrons. The van der Waals surface area contributed by atoms with Gasteiger partial charge in [-0.15, -0.1) is 0 Å². The maximum Gasteiger partial charge on any atom is 0.0384 e. The lowest BCUT2D eigenvalue weighted by atomic mass is 10.1. The molecule has 0 bridgehead atoms. The molecule has 2 fully saturated rings. The van der Waals surface area contributed by atoms with Gasteiger partial charge in [0, 0.05) is 50.5 Å². The van der Waals surface area contributed by atoms with Crippen LogP contribution in [0.25, 0.3) is 0 Å². The Balaban J connectivity index is 1.29. The van der Waals surface area contributed by atoms with Crippen molar-refractivity contribution < 1.29 is 0 Å². The third-order valence-electron chi connectivity index (χ3n) is 5.87. The van der Waals surface area contributed by atoms with E-state index in [1.54, 1.807) is 0 Å². The summed E-state index contributed by atoms with van der Waals surface area (Å²) in [5, 5.41) is 3.71.